The highest BCUT2D eigenvalue weighted by molar-refractivity contribution is 5.32. The van der Waals surface area contributed by atoms with E-state index in [0.717, 1.165) is 38.4 Å². The van der Waals surface area contributed by atoms with Gasteiger partial charge in [0, 0.05) is 12.6 Å². The fourth-order valence-corrected chi connectivity index (χ4v) is 3.19. The van der Waals surface area contributed by atoms with Crippen LogP contribution < -0.4 is 5.73 Å². The molecule has 1 atom stereocenters. The van der Waals surface area contributed by atoms with Crippen LogP contribution in [-0.2, 0) is 6.18 Å². The molecule has 1 aromatic carbocycles. The Kier molecular flexibility index (Phi) is 5.27. The maximum Gasteiger partial charge on any atom is 0.416 e. The van der Waals surface area contributed by atoms with Crippen LogP contribution in [0.15, 0.2) is 24.3 Å². The average Bonchev–Trinajstić information content (AvgIpc) is 2.48. The van der Waals surface area contributed by atoms with E-state index in [2.05, 4.69) is 11.8 Å². The van der Waals surface area contributed by atoms with Crippen molar-refractivity contribution in [3.63, 3.8) is 0 Å². The van der Waals surface area contributed by atoms with Crippen molar-refractivity contribution in [2.75, 3.05) is 19.6 Å². The lowest BCUT2D eigenvalue weighted by atomic mass is 9.91. The molecule has 0 spiro atoms. The SMILES string of the molecule is CCC1CCN(C(CN)c2ccccc2C(F)(F)F)CC1. The minimum atomic E-state index is -4.33. The number of likely N-dealkylation sites (tertiary alicyclic amines) is 1. The summed E-state index contributed by atoms with van der Waals surface area (Å²) in [6.45, 7) is 4.03. The molecule has 1 aromatic rings. The summed E-state index contributed by atoms with van der Waals surface area (Å²) in [5, 5.41) is 0. The van der Waals surface area contributed by atoms with Gasteiger partial charge in [-0.1, -0.05) is 31.5 Å². The Bertz CT molecular complexity index is 451. The van der Waals surface area contributed by atoms with Crippen molar-refractivity contribution in [1.29, 1.82) is 0 Å². The molecule has 1 aliphatic heterocycles. The van der Waals surface area contributed by atoms with Crippen molar-refractivity contribution in [3.05, 3.63) is 35.4 Å². The van der Waals surface area contributed by atoms with E-state index in [9.17, 15) is 13.2 Å². The van der Waals surface area contributed by atoms with Crippen LogP contribution in [0.4, 0.5) is 13.2 Å². The summed E-state index contributed by atoms with van der Waals surface area (Å²) in [6.07, 6.45) is -1.10. The Morgan fingerprint density at radius 3 is 2.38 bits per heavy atom. The fraction of sp³-hybridized carbons (Fsp3) is 0.625. The lowest BCUT2D eigenvalue weighted by Gasteiger charge is -2.38. The molecule has 118 valence electrons. The van der Waals surface area contributed by atoms with Crippen molar-refractivity contribution in [3.8, 4) is 0 Å². The van der Waals surface area contributed by atoms with Crippen LogP contribution in [0.3, 0.4) is 0 Å². The molecule has 1 unspecified atom stereocenters. The van der Waals surface area contributed by atoms with Gasteiger partial charge in [-0.3, -0.25) is 4.90 Å². The second-order valence-corrected chi connectivity index (χ2v) is 5.72. The molecular formula is C16H23F3N2. The maximum atomic E-state index is 13.2. The van der Waals surface area contributed by atoms with Crippen LogP contribution in [0, 0.1) is 5.92 Å². The van der Waals surface area contributed by atoms with E-state index in [1.54, 1.807) is 12.1 Å². The number of piperidine rings is 1. The normalized spacial score (nSPS) is 19.7. The third kappa shape index (κ3) is 3.77. The second kappa shape index (κ2) is 6.79. The summed E-state index contributed by atoms with van der Waals surface area (Å²) in [5.41, 5.74) is 5.56. The zero-order valence-corrected chi connectivity index (χ0v) is 12.4. The maximum absolute atomic E-state index is 13.2. The lowest BCUT2D eigenvalue weighted by molar-refractivity contribution is -0.138. The average molecular weight is 300 g/mol. The van der Waals surface area contributed by atoms with Gasteiger partial charge < -0.3 is 5.73 Å². The van der Waals surface area contributed by atoms with Crippen LogP contribution in [0.1, 0.15) is 43.4 Å². The van der Waals surface area contributed by atoms with Crippen molar-refractivity contribution < 1.29 is 13.2 Å². The van der Waals surface area contributed by atoms with Crippen LogP contribution in [0.2, 0.25) is 0 Å². The van der Waals surface area contributed by atoms with Gasteiger partial charge in [-0.2, -0.15) is 13.2 Å². The number of benzene rings is 1. The molecular weight excluding hydrogens is 277 g/mol. The number of nitrogens with two attached hydrogens (primary N) is 1. The molecule has 0 aromatic heterocycles. The first-order chi connectivity index (χ1) is 9.97. The van der Waals surface area contributed by atoms with Crippen LogP contribution in [-0.4, -0.2) is 24.5 Å². The summed E-state index contributed by atoms with van der Waals surface area (Å²) < 4.78 is 39.5. The molecule has 1 heterocycles. The molecule has 1 saturated heterocycles. The van der Waals surface area contributed by atoms with Gasteiger partial charge in [0.2, 0.25) is 0 Å². The quantitative estimate of drug-likeness (QED) is 0.915. The third-order valence-electron chi connectivity index (χ3n) is 4.52. The zero-order valence-electron chi connectivity index (χ0n) is 12.4. The number of alkyl halides is 3. The highest BCUT2D eigenvalue weighted by Gasteiger charge is 2.36. The summed E-state index contributed by atoms with van der Waals surface area (Å²) in [5.74, 6) is 0.692. The van der Waals surface area contributed by atoms with Crippen molar-refractivity contribution in [1.82, 2.24) is 4.90 Å². The van der Waals surface area contributed by atoms with Gasteiger partial charge in [-0.25, -0.2) is 0 Å². The number of hydrogen-bond acceptors (Lipinski definition) is 2. The highest BCUT2D eigenvalue weighted by atomic mass is 19.4. The monoisotopic (exact) mass is 300 g/mol. The van der Waals surface area contributed by atoms with Crippen molar-refractivity contribution >= 4 is 0 Å². The molecule has 2 nitrogen and oxygen atoms in total. The van der Waals surface area contributed by atoms with Gasteiger partial charge in [-0.15, -0.1) is 0 Å². The molecule has 21 heavy (non-hydrogen) atoms. The molecule has 1 aliphatic rings. The highest BCUT2D eigenvalue weighted by Crippen LogP contribution is 2.37. The number of nitrogens with zero attached hydrogens (tertiary/aromatic N) is 1. The minimum Gasteiger partial charge on any atom is -0.329 e. The smallest absolute Gasteiger partial charge is 0.329 e. The molecule has 0 saturated carbocycles. The number of rotatable bonds is 4. The molecule has 2 N–H and O–H groups in total. The van der Waals surface area contributed by atoms with Gasteiger partial charge in [-0.05, 0) is 43.5 Å². The van der Waals surface area contributed by atoms with Gasteiger partial charge in [0.25, 0.3) is 0 Å². The Hall–Kier alpha value is -1.07. The predicted octanol–water partition coefficient (Wildman–Crippen LogP) is 3.83. The Morgan fingerprint density at radius 2 is 1.86 bits per heavy atom. The second-order valence-electron chi connectivity index (χ2n) is 5.72. The standard InChI is InChI=1S/C16H23F3N2/c1-2-12-7-9-21(10-8-12)15(11-20)13-5-3-4-6-14(13)16(17,18)19/h3-6,12,15H,2,7-11,20H2,1H3. The van der Waals surface area contributed by atoms with Gasteiger partial charge in [0.05, 0.1) is 5.56 Å². The number of hydrogen-bond donors (Lipinski definition) is 1. The van der Waals surface area contributed by atoms with Crippen LogP contribution in [0.25, 0.3) is 0 Å². The first-order valence-electron chi connectivity index (χ1n) is 7.57. The van der Waals surface area contributed by atoms with E-state index in [0.29, 0.717) is 11.5 Å². The van der Waals surface area contributed by atoms with E-state index in [1.807, 2.05) is 0 Å². The molecule has 1 fully saturated rings. The van der Waals surface area contributed by atoms with Gasteiger partial charge in [0.15, 0.2) is 0 Å². The topological polar surface area (TPSA) is 29.3 Å². The molecule has 0 radical (unpaired) electrons. The molecule has 0 aliphatic carbocycles. The first kappa shape index (κ1) is 16.3. The summed E-state index contributed by atoms with van der Waals surface area (Å²) in [7, 11) is 0. The third-order valence-corrected chi connectivity index (χ3v) is 4.52. The van der Waals surface area contributed by atoms with E-state index < -0.39 is 11.7 Å². The molecule has 2 rings (SSSR count). The van der Waals surface area contributed by atoms with E-state index in [1.165, 1.54) is 6.07 Å². The Balaban J connectivity index is 2.23. The fourth-order valence-electron chi connectivity index (χ4n) is 3.19. The molecule has 5 heteroatoms. The largest absolute Gasteiger partial charge is 0.416 e. The number of halogens is 3. The summed E-state index contributed by atoms with van der Waals surface area (Å²) in [6, 6.07) is 5.46. The van der Waals surface area contributed by atoms with E-state index >= 15 is 0 Å². The summed E-state index contributed by atoms with van der Waals surface area (Å²) in [4.78, 5) is 2.11. The van der Waals surface area contributed by atoms with Gasteiger partial charge >= 0.3 is 6.18 Å². The van der Waals surface area contributed by atoms with Crippen molar-refractivity contribution in [2.24, 2.45) is 11.7 Å². The van der Waals surface area contributed by atoms with E-state index in [4.69, 9.17) is 5.73 Å². The van der Waals surface area contributed by atoms with Gasteiger partial charge in [0.1, 0.15) is 0 Å². The predicted molar refractivity (Wildman–Crippen MR) is 77.8 cm³/mol. The first-order valence-corrected chi connectivity index (χ1v) is 7.57. The molecule has 0 amide bonds. The molecule has 0 bridgehead atoms. The lowest BCUT2D eigenvalue weighted by Crippen LogP contribution is -2.40. The minimum absolute atomic E-state index is 0.212. The van der Waals surface area contributed by atoms with E-state index in [-0.39, 0.29) is 12.6 Å². The zero-order chi connectivity index (χ0) is 15.5. The summed E-state index contributed by atoms with van der Waals surface area (Å²) >= 11 is 0. The van der Waals surface area contributed by atoms with Crippen molar-refractivity contribution in [2.45, 2.75) is 38.4 Å². The Morgan fingerprint density at radius 1 is 1.24 bits per heavy atom. The Labute approximate surface area is 124 Å². The van der Waals surface area contributed by atoms with Crippen LogP contribution in [0.5, 0.6) is 0 Å². The van der Waals surface area contributed by atoms with Crippen LogP contribution >= 0.6 is 0 Å².